The zero-order valence-electron chi connectivity index (χ0n) is 23.2. The number of hydrogen-bond donors (Lipinski definition) is 4. The van der Waals surface area contributed by atoms with Crippen LogP contribution in [0, 0.1) is 5.92 Å². The minimum Gasteiger partial charge on any atom is -0.347 e. The third-order valence-corrected chi connectivity index (χ3v) is 6.76. The van der Waals surface area contributed by atoms with Crippen molar-refractivity contribution in [2.24, 2.45) is 5.92 Å². The predicted octanol–water partition coefficient (Wildman–Crippen LogP) is 3.03. The maximum atomic E-state index is 13.0. The van der Waals surface area contributed by atoms with Gasteiger partial charge in [-0.15, -0.1) is 0 Å². The first kappa shape index (κ1) is 31.0. The van der Waals surface area contributed by atoms with Crippen molar-refractivity contribution in [2.75, 3.05) is 0 Å². The van der Waals surface area contributed by atoms with Gasteiger partial charge in [0.15, 0.2) is 0 Å². The summed E-state index contributed by atoms with van der Waals surface area (Å²) in [7, 11) is 0. The fourth-order valence-electron chi connectivity index (χ4n) is 4.55. The van der Waals surface area contributed by atoms with Crippen LogP contribution in [0.25, 0.3) is 0 Å². The summed E-state index contributed by atoms with van der Waals surface area (Å²) in [4.78, 5) is 64.2. The van der Waals surface area contributed by atoms with E-state index in [1.807, 2.05) is 20.8 Å². The Morgan fingerprint density at radius 3 is 2.11 bits per heavy atom. The quantitative estimate of drug-likeness (QED) is 0.276. The standard InChI is InChI=1S/C29H44N4O5/c1-5-6-17-23(25(34)29(38)31-22-15-11-8-12-16-22)32-26(35)20(4)30-28(37)24(18-19(2)3)33-27(36)21-13-9-7-10-14-21/h7,9-10,13-14,19-20,22-24H,5-6,8,11-12,15-18H2,1-4H3,(H,30,37)(H,31,38)(H,32,35)(H,33,36)/t20-,23-,24-/m0/s1. The van der Waals surface area contributed by atoms with Crippen molar-refractivity contribution in [3.8, 4) is 0 Å². The first-order valence-electron chi connectivity index (χ1n) is 13.9. The average Bonchev–Trinajstić information content (AvgIpc) is 2.90. The van der Waals surface area contributed by atoms with Crippen LogP contribution in [0.5, 0.6) is 0 Å². The van der Waals surface area contributed by atoms with Gasteiger partial charge in [-0.3, -0.25) is 24.0 Å². The largest absolute Gasteiger partial charge is 0.347 e. The van der Waals surface area contributed by atoms with Gasteiger partial charge in [0, 0.05) is 11.6 Å². The molecule has 0 unspecified atom stereocenters. The molecule has 4 amide bonds. The van der Waals surface area contributed by atoms with Crippen molar-refractivity contribution in [1.29, 1.82) is 0 Å². The Balaban J connectivity index is 2.00. The Hall–Kier alpha value is -3.23. The van der Waals surface area contributed by atoms with Crippen molar-refractivity contribution in [3.63, 3.8) is 0 Å². The van der Waals surface area contributed by atoms with Crippen molar-refractivity contribution in [3.05, 3.63) is 35.9 Å². The molecule has 1 fully saturated rings. The molecule has 0 spiro atoms. The Morgan fingerprint density at radius 2 is 1.50 bits per heavy atom. The van der Waals surface area contributed by atoms with Gasteiger partial charge in [-0.2, -0.15) is 0 Å². The minimum absolute atomic E-state index is 0.00933. The number of nitrogens with one attached hydrogen (secondary N) is 4. The molecular weight excluding hydrogens is 484 g/mol. The highest BCUT2D eigenvalue weighted by molar-refractivity contribution is 6.38. The van der Waals surface area contributed by atoms with Crippen LogP contribution < -0.4 is 21.3 Å². The van der Waals surface area contributed by atoms with Crippen LogP contribution in [0.2, 0.25) is 0 Å². The van der Waals surface area contributed by atoms with Gasteiger partial charge in [0.1, 0.15) is 12.1 Å². The maximum absolute atomic E-state index is 13.0. The third kappa shape index (κ3) is 10.3. The monoisotopic (exact) mass is 528 g/mol. The van der Waals surface area contributed by atoms with Crippen LogP contribution >= 0.6 is 0 Å². The third-order valence-electron chi connectivity index (χ3n) is 6.76. The fraction of sp³-hybridized carbons (Fsp3) is 0.621. The van der Waals surface area contributed by atoms with Crippen molar-refractivity contribution in [2.45, 2.75) is 110 Å². The molecule has 9 heteroatoms. The lowest BCUT2D eigenvalue weighted by Crippen LogP contribution is -2.56. The summed E-state index contributed by atoms with van der Waals surface area (Å²) >= 11 is 0. The molecule has 38 heavy (non-hydrogen) atoms. The molecule has 210 valence electrons. The Morgan fingerprint density at radius 1 is 0.842 bits per heavy atom. The SMILES string of the molecule is CCCC[C@H](NC(=O)[C@H](C)NC(=O)[C@H](CC(C)C)NC(=O)c1ccccc1)C(=O)C(=O)NC1CCCCC1. The van der Waals surface area contributed by atoms with Crippen LogP contribution in [0.1, 0.15) is 95.8 Å². The highest BCUT2D eigenvalue weighted by atomic mass is 16.2. The van der Waals surface area contributed by atoms with Gasteiger partial charge in [0.25, 0.3) is 11.8 Å². The number of ketones is 1. The first-order valence-corrected chi connectivity index (χ1v) is 13.9. The lowest BCUT2D eigenvalue weighted by molar-refractivity contribution is -0.141. The second-order valence-electron chi connectivity index (χ2n) is 10.6. The first-order chi connectivity index (χ1) is 18.1. The summed E-state index contributed by atoms with van der Waals surface area (Å²) in [5.41, 5.74) is 0.434. The summed E-state index contributed by atoms with van der Waals surface area (Å²) in [6, 6.07) is 5.82. The van der Waals surface area contributed by atoms with Crippen LogP contribution in [0.3, 0.4) is 0 Å². The van der Waals surface area contributed by atoms with E-state index >= 15 is 0 Å². The molecular formula is C29H44N4O5. The second-order valence-corrected chi connectivity index (χ2v) is 10.6. The Labute approximate surface area is 226 Å². The van der Waals surface area contributed by atoms with Crippen LogP contribution in [0.4, 0.5) is 0 Å². The zero-order valence-corrected chi connectivity index (χ0v) is 23.2. The maximum Gasteiger partial charge on any atom is 0.289 e. The number of unbranched alkanes of at least 4 members (excludes halogenated alkanes) is 1. The summed E-state index contributed by atoms with van der Waals surface area (Å²) in [6.45, 7) is 7.36. The predicted molar refractivity (Wildman–Crippen MR) is 146 cm³/mol. The van der Waals surface area contributed by atoms with E-state index < -0.39 is 41.6 Å². The van der Waals surface area contributed by atoms with Crippen molar-refractivity contribution in [1.82, 2.24) is 21.3 Å². The molecule has 1 aromatic carbocycles. The number of rotatable bonds is 14. The molecule has 1 saturated carbocycles. The highest BCUT2D eigenvalue weighted by Gasteiger charge is 2.31. The smallest absolute Gasteiger partial charge is 0.289 e. The molecule has 4 N–H and O–H groups in total. The Bertz CT molecular complexity index is 944. The Kier molecular flexibility index (Phi) is 13.0. The lowest BCUT2D eigenvalue weighted by atomic mass is 9.95. The zero-order chi connectivity index (χ0) is 28.1. The second kappa shape index (κ2) is 15.9. The summed E-state index contributed by atoms with van der Waals surface area (Å²) in [6.07, 6.45) is 7.07. The molecule has 0 saturated heterocycles. The highest BCUT2D eigenvalue weighted by Crippen LogP contribution is 2.17. The molecule has 0 bridgehead atoms. The average molecular weight is 529 g/mol. The van der Waals surface area contributed by atoms with Crippen LogP contribution in [-0.2, 0) is 19.2 Å². The molecule has 2 rings (SSSR count). The van der Waals surface area contributed by atoms with Gasteiger partial charge in [-0.25, -0.2) is 0 Å². The lowest BCUT2D eigenvalue weighted by Gasteiger charge is -2.25. The topological polar surface area (TPSA) is 133 Å². The molecule has 1 aromatic rings. The molecule has 3 atom stereocenters. The van der Waals surface area contributed by atoms with Gasteiger partial charge >= 0.3 is 0 Å². The number of carbonyl (C=O) groups excluding carboxylic acids is 5. The number of carbonyl (C=O) groups is 5. The number of Topliss-reactive ketones (excluding diaryl/α,β-unsaturated/α-hetero) is 1. The van der Waals surface area contributed by atoms with Gasteiger partial charge < -0.3 is 21.3 Å². The van der Waals surface area contributed by atoms with E-state index in [0.717, 1.165) is 38.5 Å². The van der Waals surface area contributed by atoms with Crippen molar-refractivity contribution >= 4 is 29.4 Å². The van der Waals surface area contributed by atoms with E-state index in [9.17, 15) is 24.0 Å². The molecule has 9 nitrogen and oxygen atoms in total. The molecule has 1 aliphatic rings. The van der Waals surface area contributed by atoms with Gasteiger partial charge in [-0.05, 0) is 50.7 Å². The van der Waals surface area contributed by atoms with Crippen molar-refractivity contribution < 1.29 is 24.0 Å². The van der Waals surface area contributed by atoms with Crippen LogP contribution in [-0.4, -0.2) is 53.6 Å². The molecule has 0 radical (unpaired) electrons. The molecule has 0 heterocycles. The van der Waals surface area contributed by atoms with Crippen LogP contribution in [0.15, 0.2) is 30.3 Å². The summed E-state index contributed by atoms with van der Waals surface area (Å²) in [5, 5.41) is 10.9. The normalized spacial score (nSPS) is 16.1. The van der Waals surface area contributed by atoms with E-state index in [1.165, 1.54) is 6.92 Å². The van der Waals surface area contributed by atoms with E-state index in [-0.39, 0.29) is 17.9 Å². The van der Waals surface area contributed by atoms with E-state index in [2.05, 4.69) is 21.3 Å². The van der Waals surface area contributed by atoms with Gasteiger partial charge in [0.05, 0.1) is 6.04 Å². The van der Waals surface area contributed by atoms with E-state index in [4.69, 9.17) is 0 Å². The van der Waals surface area contributed by atoms with E-state index in [1.54, 1.807) is 30.3 Å². The molecule has 1 aliphatic carbocycles. The summed E-state index contributed by atoms with van der Waals surface area (Å²) < 4.78 is 0. The van der Waals surface area contributed by atoms with E-state index in [0.29, 0.717) is 24.8 Å². The number of amides is 4. The number of hydrogen-bond acceptors (Lipinski definition) is 5. The van der Waals surface area contributed by atoms with Gasteiger partial charge in [0.2, 0.25) is 17.6 Å². The minimum atomic E-state index is -0.968. The van der Waals surface area contributed by atoms with Gasteiger partial charge in [-0.1, -0.05) is 71.1 Å². The molecule has 0 aromatic heterocycles. The summed E-state index contributed by atoms with van der Waals surface area (Å²) in [5.74, 6) is -2.64. The fourth-order valence-corrected chi connectivity index (χ4v) is 4.55. The molecule has 0 aliphatic heterocycles. The number of benzene rings is 1.